The molecule has 0 spiro atoms. The van der Waals surface area contributed by atoms with Crippen LogP contribution in [0.15, 0.2) is 0 Å². The van der Waals surface area contributed by atoms with Crippen molar-refractivity contribution in [2.75, 3.05) is 13.1 Å². The van der Waals surface area contributed by atoms with Crippen molar-refractivity contribution in [3.63, 3.8) is 0 Å². The Morgan fingerprint density at radius 3 is 2.11 bits per heavy atom. The molecular weight excluding hydrogens is 248 g/mol. The van der Waals surface area contributed by atoms with Gasteiger partial charge in [-0.3, -0.25) is 14.4 Å². The van der Waals surface area contributed by atoms with Crippen LogP contribution in [0.25, 0.3) is 0 Å². The second-order valence-electron chi connectivity index (χ2n) is 5.32. The summed E-state index contributed by atoms with van der Waals surface area (Å²) in [5, 5.41) is 11.2. The molecule has 0 bridgehead atoms. The number of carbonyl (C=O) groups is 3. The molecule has 19 heavy (non-hydrogen) atoms. The highest BCUT2D eigenvalue weighted by atomic mass is 16.4. The molecule has 1 saturated heterocycles. The largest absolute Gasteiger partial charge is 0.480 e. The van der Waals surface area contributed by atoms with Crippen molar-refractivity contribution in [2.45, 2.75) is 39.7 Å². The third-order valence-corrected chi connectivity index (χ3v) is 3.40. The minimum atomic E-state index is -1.04. The predicted molar refractivity (Wildman–Crippen MR) is 69.4 cm³/mol. The molecule has 108 valence electrons. The zero-order valence-corrected chi connectivity index (χ0v) is 11.7. The van der Waals surface area contributed by atoms with Gasteiger partial charge in [-0.1, -0.05) is 13.8 Å². The van der Waals surface area contributed by atoms with Gasteiger partial charge in [0.1, 0.15) is 6.04 Å². The molecule has 0 aromatic rings. The van der Waals surface area contributed by atoms with Crippen molar-refractivity contribution in [3.05, 3.63) is 0 Å². The van der Waals surface area contributed by atoms with E-state index in [1.54, 1.807) is 4.90 Å². The van der Waals surface area contributed by atoms with Crippen molar-refractivity contribution in [3.8, 4) is 0 Å². The van der Waals surface area contributed by atoms with Crippen LogP contribution in [0.3, 0.4) is 0 Å². The maximum Gasteiger partial charge on any atom is 0.325 e. The highest BCUT2D eigenvalue weighted by Gasteiger charge is 2.29. The van der Waals surface area contributed by atoms with E-state index in [-0.39, 0.29) is 23.7 Å². The van der Waals surface area contributed by atoms with Gasteiger partial charge in [-0.15, -0.1) is 0 Å². The molecule has 0 aromatic carbocycles. The van der Waals surface area contributed by atoms with E-state index in [1.807, 2.05) is 13.8 Å². The van der Waals surface area contributed by atoms with Gasteiger partial charge in [-0.2, -0.15) is 0 Å². The van der Waals surface area contributed by atoms with Crippen LogP contribution in [0.4, 0.5) is 0 Å². The van der Waals surface area contributed by atoms with E-state index < -0.39 is 12.0 Å². The Balaban J connectivity index is 2.43. The minimum Gasteiger partial charge on any atom is -0.480 e. The number of nitrogens with one attached hydrogen (secondary N) is 1. The lowest BCUT2D eigenvalue weighted by atomic mass is 9.95. The van der Waals surface area contributed by atoms with Crippen LogP contribution in [0.2, 0.25) is 0 Å². The van der Waals surface area contributed by atoms with Gasteiger partial charge in [0, 0.05) is 24.9 Å². The van der Waals surface area contributed by atoms with E-state index >= 15 is 0 Å². The lowest BCUT2D eigenvalue weighted by Gasteiger charge is -2.32. The van der Waals surface area contributed by atoms with E-state index in [0.29, 0.717) is 25.9 Å². The van der Waals surface area contributed by atoms with Crippen molar-refractivity contribution in [1.29, 1.82) is 0 Å². The zero-order chi connectivity index (χ0) is 14.6. The van der Waals surface area contributed by atoms with Gasteiger partial charge in [0.25, 0.3) is 0 Å². The molecule has 1 atom stereocenters. The molecule has 1 unspecified atom stereocenters. The van der Waals surface area contributed by atoms with Gasteiger partial charge in [0.2, 0.25) is 11.8 Å². The summed E-state index contributed by atoms with van der Waals surface area (Å²) in [7, 11) is 0. The summed E-state index contributed by atoms with van der Waals surface area (Å²) in [6, 6.07) is -0.872. The third kappa shape index (κ3) is 4.22. The normalized spacial score (nSPS) is 18.2. The number of aliphatic carboxylic acids is 1. The number of carbonyl (C=O) groups excluding carboxylic acids is 2. The second-order valence-corrected chi connectivity index (χ2v) is 5.32. The van der Waals surface area contributed by atoms with Gasteiger partial charge < -0.3 is 15.3 Å². The lowest BCUT2D eigenvalue weighted by molar-refractivity contribution is -0.142. The molecule has 1 aliphatic heterocycles. The topological polar surface area (TPSA) is 86.7 Å². The van der Waals surface area contributed by atoms with Crippen LogP contribution in [0.5, 0.6) is 0 Å². The fourth-order valence-electron chi connectivity index (χ4n) is 2.12. The first kappa shape index (κ1) is 15.5. The van der Waals surface area contributed by atoms with Gasteiger partial charge in [0.05, 0.1) is 0 Å². The number of hydrogen-bond acceptors (Lipinski definition) is 3. The molecule has 1 heterocycles. The molecule has 0 aliphatic carbocycles. The monoisotopic (exact) mass is 270 g/mol. The molecule has 2 N–H and O–H groups in total. The maximum atomic E-state index is 11.8. The number of carboxylic acid groups (broad SMARTS) is 1. The molecular formula is C13H22N2O4. The molecule has 6 nitrogen and oxygen atoms in total. The quantitative estimate of drug-likeness (QED) is 0.777. The predicted octanol–water partition coefficient (Wildman–Crippen LogP) is 0.470. The van der Waals surface area contributed by atoms with Crippen molar-refractivity contribution in [2.24, 2.45) is 11.8 Å². The number of rotatable bonds is 4. The zero-order valence-electron chi connectivity index (χ0n) is 11.7. The summed E-state index contributed by atoms with van der Waals surface area (Å²) < 4.78 is 0. The van der Waals surface area contributed by atoms with Gasteiger partial charge in [-0.05, 0) is 19.8 Å². The van der Waals surface area contributed by atoms with Crippen molar-refractivity contribution < 1.29 is 19.5 Å². The van der Waals surface area contributed by atoms with Crippen molar-refractivity contribution >= 4 is 17.8 Å². The van der Waals surface area contributed by atoms with Crippen molar-refractivity contribution in [1.82, 2.24) is 10.2 Å². The smallest absolute Gasteiger partial charge is 0.325 e. The van der Waals surface area contributed by atoms with Crippen LogP contribution in [-0.2, 0) is 14.4 Å². The Hall–Kier alpha value is -1.59. The highest BCUT2D eigenvalue weighted by Crippen LogP contribution is 2.19. The molecule has 1 fully saturated rings. The summed E-state index contributed by atoms with van der Waals surface area (Å²) in [4.78, 5) is 36.1. The van der Waals surface area contributed by atoms with Crippen LogP contribution in [0.1, 0.15) is 33.6 Å². The summed E-state index contributed by atoms with van der Waals surface area (Å²) >= 11 is 0. The standard InChI is InChI=1S/C13H22N2O4/c1-8(2)12(17)15-6-4-10(5-7-15)11(16)14-9(3)13(18)19/h8-10H,4-7H2,1-3H3,(H,14,16)(H,18,19). The average Bonchev–Trinajstić information content (AvgIpc) is 2.37. The molecule has 0 saturated carbocycles. The number of likely N-dealkylation sites (tertiary alicyclic amines) is 1. The molecule has 1 aliphatic rings. The van der Waals surface area contributed by atoms with Crippen LogP contribution in [-0.4, -0.2) is 46.9 Å². The van der Waals surface area contributed by atoms with E-state index in [0.717, 1.165) is 0 Å². The molecule has 1 rings (SSSR count). The first-order chi connectivity index (χ1) is 8.82. The number of amides is 2. The lowest BCUT2D eigenvalue weighted by Crippen LogP contribution is -2.47. The fraction of sp³-hybridized carbons (Fsp3) is 0.769. The summed E-state index contributed by atoms with van der Waals surface area (Å²) in [6.45, 7) is 6.29. The van der Waals surface area contributed by atoms with Crippen LogP contribution >= 0.6 is 0 Å². The van der Waals surface area contributed by atoms with E-state index in [9.17, 15) is 14.4 Å². The SMILES string of the molecule is CC(C)C(=O)N1CCC(C(=O)NC(C)C(=O)O)CC1. The Morgan fingerprint density at radius 2 is 1.68 bits per heavy atom. The van der Waals surface area contributed by atoms with Crippen LogP contribution < -0.4 is 5.32 Å². The Bertz CT molecular complexity index is 360. The Labute approximate surface area is 113 Å². The second kappa shape index (κ2) is 6.54. The van der Waals surface area contributed by atoms with Gasteiger partial charge in [0.15, 0.2) is 0 Å². The first-order valence-corrected chi connectivity index (χ1v) is 6.65. The average molecular weight is 270 g/mol. The molecule has 0 aromatic heterocycles. The molecule has 2 amide bonds. The van der Waals surface area contributed by atoms with E-state index in [2.05, 4.69) is 5.32 Å². The van der Waals surface area contributed by atoms with Gasteiger partial charge >= 0.3 is 5.97 Å². The highest BCUT2D eigenvalue weighted by molar-refractivity contribution is 5.85. The molecule has 6 heteroatoms. The maximum absolute atomic E-state index is 11.8. The number of nitrogens with zero attached hydrogens (tertiary/aromatic N) is 1. The number of carboxylic acids is 1. The van der Waals surface area contributed by atoms with Crippen LogP contribution in [0, 0.1) is 11.8 Å². The number of hydrogen-bond donors (Lipinski definition) is 2. The Morgan fingerprint density at radius 1 is 1.16 bits per heavy atom. The summed E-state index contributed by atoms with van der Waals surface area (Å²) in [5.74, 6) is -1.39. The van der Waals surface area contributed by atoms with Gasteiger partial charge in [-0.25, -0.2) is 0 Å². The van der Waals surface area contributed by atoms with E-state index in [1.165, 1.54) is 6.92 Å². The summed E-state index contributed by atoms with van der Waals surface area (Å²) in [5.41, 5.74) is 0. The first-order valence-electron chi connectivity index (χ1n) is 6.65. The minimum absolute atomic E-state index is 0.0302. The number of piperidine rings is 1. The van der Waals surface area contributed by atoms with E-state index in [4.69, 9.17) is 5.11 Å². The summed E-state index contributed by atoms with van der Waals surface area (Å²) in [6.07, 6.45) is 1.19. The molecule has 0 radical (unpaired) electrons. The third-order valence-electron chi connectivity index (χ3n) is 3.40. The fourth-order valence-corrected chi connectivity index (χ4v) is 2.12. The Kier molecular flexibility index (Phi) is 5.32.